The quantitative estimate of drug-likeness (QED) is 0.564. The molecule has 0 aromatic heterocycles. The third kappa shape index (κ3) is 11.7. The smallest absolute Gasteiger partial charge is 0.219 e. The maximum absolute atomic E-state index is 11.3. The van der Waals surface area contributed by atoms with E-state index in [-0.39, 0.29) is 5.91 Å². The fourth-order valence-corrected chi connectivity index (χ4v) is 1.79. The van der Waals surface area contributed by atoms with E-state index in [4.69, 9.17) is 5.73 Å². The maximum atomic E-state index is 11.3. The molecule has 0 spiro atoms. The Morgan fingerprint density at radius 2 is 2.00 bits per heavy atom. The third-order valence-corrected chi connectivity index (χ3v) is 2.90. The van der Waals surface area contributed by atoms with Crippen molar-refractivity contribution in [2.45, 2.75) is 38.5 Å². The van der Waals surface area contributed by atoms with Crippen LogP contribution in [0.4, 0.5) is 0 Å². The van der Waals surface area contributed by atoms with Gasteiger partial charge in [-0.3, -0.25) is 4.79 Å². The van der Waals surface area contributed by atoms with E-state index in [2.05, 4.69) is 11.6 Å². The van der Waals surface area contributed by atoms with Crippen LogP contribution in [-0.4, -0.2) is 31.0 Å². The van der Waals surface area contributed by atoms with Gasteiger partial charge in [0.1, 0.15) is 0 Å². The van der Waals surface area contributed by atoms with Gasteiger partial charge in [-0.1, -0.05) is 6.42 Å². The van der Waals surface area contributed by atoms with Crippen LogP contribution in [0, 0.1) is 0 Å². The van der Waals surface area contributed by atoms with E-state index in [9.17, 15) is 4.79 Å². The van der Waals surface area contributed by atoms with E-state index in [1.54, 1.807) is 0 Å². The van der Waals surface area contributed by atoms with Gasteiger partial charge in [0.2, 0.25) is 5.91 Å². The molecular weight excluding hydrogens is 208 g/mol. The van der Waals surface area contributed by atoms with Gasteiger partial charge >= 0.3 is 0 Å². The van der Waals surface area contributed by atoms with Crippen LogP contribution in [0.5, 0.6) is 0 Å². The molecule has 0 unspecified atom stereocenters. The lowest BCUT2D eigenvalue weighted by atomic mass is 10.2. The van der Waals surface area contributed by atoms with Crippen LogP contribution < -0.4 is 11.1 Å². The van der Waals surface area contributed by atoms with Gasteiger partial charge in [-0.05, 0) is 44.2 Å². The standard InChI is InChI=1S/C11H24N2OS/c1-15-10-6-5-9-13-11(14)7-3-2-4-8-12/h2-10,12H2,1H3,(H,13,14). The first-order valence-corrected chi connectivity index (χ1v) is 7.16. The van der Waals surface area contributed by atoms with E-state index in [0.717, 1.165) is 38.8 Å². The Morgan fingerprint density at radius 3 is 2.67 bits per heavy atom. The number of carbonyl (C=O) groups is 1. The molecule has 3 nitrogen and oxygen atoms in total. The molecule has 0 radical (unpaired) electrons. The summed E-state index contributed by atoms with van der Waals surface area (Å²) in [5, 5.41) is 2.94. The molecule has 0 aromatic carbocycles. The summed E-state index contributed by atoms with van der Waals surface area (Å²) in [6.45, 7) is 1.56. The van der Waals surface area contributed by atoms with Crippen molar-refractivity contribution in [3.8, 4) is 0 Å². The molecule has 3 N–H and O–H groups in total. The lowest BCUT2D eigenvalue weighted by Crippen LogP contribution is -2.24. The van der Waals surface area contributed by atoms with Crippen molar-refractivity contribution in [1.29, 1.82) is 0 Å². The summed E-state index contributed by atoms with van der Waals surface area (Å²) in [5.74, 6) is 1.38. The first kappa shape index (κ1) is 14.8. The molecule has 0 aliphatic carbocycles. The van der Waals surface area contributed by atoms with E-state index in [1.807, 2.05) is 11.8 Å². The average molecular weight is 232 g/mol. The fraction of sp³-hybridized carbons (Fsp3) is 0.909. The van der Waals surface area contributed by atoms with Gasteiger partial charge in [0.15, 0.2) is 0 Å². The van der Waals surface area contributed by atoms with Gasteiger partial charge in [-0.2, -0.15) is 11.8 Å². The van der Waals surface area contributed by atoms with Gasteiger partial charge in [0.25, 0.3) is 0 Å². The molecule has 0 fully saturated rings. The summed E-state index contributed by atoms with van der Waals surface area (Å²) in [4.78, 5) is 11.3. The van der Waals surface area contributed by atoms with Gasteiger partial charge in [0.05, 0.1) is 0 Å². The van der Waals surface area contributed by atoms with Crippen LogP contribution >= 0.6 is 11.8 Å². The van der Waals surface area contributed by atoms with Crippen molar-refractivity contribution in [3.63, 3.8) is 0 Å². The zero-order valence-electron chi connectivity index (χ0n) is 9.76. The van der Waals surface area contributed by atoms with Gasteiger partial charge in [0, 0.05) is 13.0 Å². The van der Waals surface area contributed by atoms with Gasteiger partial charge in [-0.15, -0.1) is 0 Å². The minimum Gasteiger partial charge on any atom is -0.356 e. The summed E-state index contributed by atoms with van der Waals surface area (Å²) in [6.07, 6.45) is 8.10. The Bertz CT molecular complexity index is 154. The highest BCUT2D eigenvalue weighted by Crippen LogP contribution is 2.00. The summed E-state index contributed by atoms with van der Waals surface area (Å²) >= 11 is 1.86. The molecule has 0 aromatic rings. The largest absolute Gasteiger partial charge is 0.356 e. The molecule has 0 heterocycles. The summed E-state index contributed by atoms with van der Waals surface area (Å²) < 4.78 is 0. The molecule has 15 heavy (non-hydrogen) atoms. The Labute approximate surface area is 97.6 Å². The topological polar surface area (TPSA) is 55.1 Å². The molecular formula is C11H24N2OS. The summed E-state index contributed by atoms with van der Waals surface area (Å²) in [7, 11) is 0. The number of hydrogen-bond acceptors (Lipinski definition) is 3. The average Bonchev–Trinajstić information content (AvgIpc) is 2.24. The fourth-order valence-electron chi connectivity index (χ4n) is 1.29. The van der Waals surface area contributed by atoms with Crippen LogP contribution in [0.3, 0.4) is 0 Å². The normalized spacial score (nSPS) is 10.3. The lowest BCUT2D eigenvalue weighted by Gasteiger charge is -2.04. The second-order valence-corrected chi connectivity index (χ2v) is 4.63. The molecule has 0 aliphatic rings. The lowest BCUT2D eigenvalue weighted by molar-refractivity contribution is -0.121. The molecule has 0 saturated heterocycles. The molecule has 0 rings (SSSR count). The van der Waals surface area contributed by atoms with Crippen molar-refractivity contribution < 1.29 is 4.79 Å². The minimum absolute atomic E-state index is 0.191. The Hall–Kier alpha value is -0.220. The first-order valence-electron chi connectivity index (χ1n) is 5.77. The van der Waals surface area contributed by atoms with Crippen molar-refractivity contribution in [2.75, 3.05) is 25.1 Å². The number of rotatable bonds is 10. The van der Waals surface area contributed by atoms with Crippen LogP contribution in [0.25, 0.3) is 0 Å². The van der Waals surface area contributed by atoms with Crippen molar-refractivity contribution in [3.05, 3.63) is 0 Å². The molecule has 1 amide bonds. The number of amides is 1. The molecule has 0 saturated carbocycles. The highest BCUT2D eigenvalue weighted by atomic mass is 32.2. The molecule has 90 valence electrons. The first-order chi connectivity index (χ1) is 7.31. The molecule has 0 atom stereocenters. The number of unbranched alkanes of at least 4 members (excludes halogenated alkanes) is 3. The highest BCUT2D eigenvalue weighted by molar-refractivity contribution is 7.98. The molecule has 4 heteroatoms. The monoisotopic (exact) mass is 232 g/mol. The second-order valence-electron chi connectivity index (χ2n) is 3.65. The molecule has 0 bridgehead atoms. The van der Waals surface area contributed by atoms with Crippen LogP contribution in [0.2, 0.25) is 0 Å². The van der Waals surface area contributed by atoms with Gasteiger partial charge < -0.3 is 11.1 Å². The zero-order valence-corrected chi connectivity index (χ0v) is 10.6. The predicted octanol–water partition coefficient (Wildman–Crippen LogP) is 1.76. The summed E-state index contributed by atoms with van der Waals surface area (Å²) in [6, 6.07) is 0. The second kappa shape index (κ2) is 11.9. The zero-order chi connectivity index (χ0) is 11.4. The van der Waals surface area contributed by atoms with Crippen LogP contribution in [0.1, 0.15) is 38.5 Å². The maximum Gasteiger partial charge on any atom is 0.219 e. The number of hydrogen-bond donors (Lipinski definition) is 2. The number of nitrogens with one attached hydrogen (secondary N) is 1. The van der Waals surface area contributed by atoms with Crippen molar-refractivity contribution in [1.82, 2.24) is 5.32 Å². The minimum atomic E-state index is 0.191. The van der Waals surface area contributed by atoms with E-state index < -0.39 is 0 Å². The predicted molar refractivity (Wildman–Crippen MR) is 68.1 cm³/mol. The highest BCUT2D eigenvalue weighted by Gasteiger charge is 1.99. The number of thioether (sulfide) groups is 1. The Morgan fingerprint density at radius 1 is 1.20 bits per heavy atom. The third-order valence-electron chi connectivity index (χ3n) is 2.21. The van der Waals surface area contributed by atoms with Crippen LogP contribution in [-0.2, 0) is 4.79 Å². The van der Waals surface area contributed by atoms with Crippen LogP contribution in [0.15, 0.2) is 0 Å². The van der Waals surface area contributed by atoms with Crippen molar-refractivity contribution >= 4 is 17.7 Å². The van der Waals surface area contributed by atoms with E-state index >= 15 is 0 Å². The van der Waals surface area contributed by atoms with Gasteiger partial charge in [-0.25, -0.2) is 0 Å². The molecule has 0 aliphatic heterocycles. The summed E-state index contributed by atoms with van der Waals surface area (Å²) in [5.41, 5.74) is 5.37. The van der Waals surface area contributed by atoms with Crippen molar-refractivity contribution in [2.24, 2.45) is 5.73 Å². The Balaban J connectivity index is 3.11. The SMILES string of the molecule is CSCCCCNC(=O)CCCCCN. The number of carbonyl (C=O) groups excluding carboxylic acids is 1. The Kier molecular flexibility index (Phi) is 11.7. The van der Waals surface area contributed by atoms with E-state index in [0.29, 0.717) is 6.42 Å². The number of nitrogens with two attached hydrogens (primary N) is 1. The van der Waals surface area contributed by atoms with E-state index in [1.165, 1.54) is 12.2 Å².